The monoisotopic (exact) mass is 322 g/mol. The molecule has 0 amide bonds. The van der Waals surface area contributed by atoms with Crippen molar-refractivity contribution in [2.75, 3.05) is 7.11 Å². The molecule has 0 N–H and O–H groups in total. The zero-order chi connectivity index (χ0) is 14.0. The van der Waals surface area contributed by atoms with Gasteiger partial charge in [-0.1, -0.05) is 11.6 Å². The van der Waals surface area contributed by atoms with Crippen LogP contribution in [0, 0.1) is 0 Å². The molecule has 2 aromatic heterocycles. The van der Waals surface area contributed by atoms with Gasteiger partial charge in [-0.15, -0.1) is 0 Å². The van der Waals surface area contributed by atoms with E-state index in [1.807, 2.05) is 0 Å². The molecule has 0 saturated carbocycles. The van der Waals surface area contributed by atoms with Crippen molar-refractivity contribution in [2.24, 2.45) is 0 Å². The number of hydrogen-bond acceptors (Lipinski definition) is 6. The topological polar surface area (TPSA) is 87.0 Å². The van der Waals surface area contributed by atoms with Crippen molar-refractivity contribution in [3.8, 4) is 5.95 Å². The summed E-state index contributed by atoms with van der Waals surface area (Å²) in [5.41, 5.74) is 0.0925. The lowest BCUT2D eigenvalue weighted by Gasteiger charge is -1.99. The van der Waals surface area contributed by atoms with E-state index < -0.39 is 9.05 Å². The summed E-state index contributed by atoms with van der Waals surface area (Å²) >= 11 is 5.99. The van der Waals surface area contributed by atoms with Crippen LogP contribution in [0.25, 0.3) is 5.95 Å². The van der Waals surface area contributed by atoms with Gasteiger partial charge in [0.15, 0.2) is 5.15 Å². The Bertz CT molecular complexity index is 687. The van der Waals surface area contributed by atoms with Crippen LogP contribution < -0.4 is 0 Å². The number of hydrogen-bond donors (Lipinski definition) is 0. The Labute approximate surface area is 118 Å². The van der Waals surface area contributed by atoms with Crippen LogP contribution in [0.1, 0.15) is 5.69 Å². The summed E-state index contributed by atoms with van der Waals surface area (Å²) in [6.07, 6.45) is 2.95. The largest absolute Gasteiger partial charge is 0.378 e. The molecular formula is C9H8Cl2N4O3S. The van der Waals surface area contributed by atoms with E-state index in [1.165, 1.54) is 19.5 Å². The highest BCUT2D eigenvalue weighted by atomic mass is 35.7. The molecule has 0 fully saturated rings. The SMILES string of the molecule is COCc1nn(-c2ncccn2)c(Cl)c1S(=O)(=O)Cl. The molecule has 0 bridgehead atoms. The lowest BCUT2D eigenvalue weighted by molar-refractivity contribution is 0.179. The molecule has 0 aliphatic heterocycles. The zero-order valence-corrected chi connectivity index (χ0v) is 11.9. The van der Waals surface area contributed by atoms with Crippen LogP contribution in [0.2, 0.25) is 5.15 Å². The van der Waals surface area contributed by atoms with Crippen molar-refractivity contribution < 1.29 is 13.2 Å². The maximum atomic E-state index is 11.5. The van der Waals surface area contributed by atoms with Gasteiger partial charge in [0.25, 0.3) is 15.0 Å². The molecular weight excluding hydrogens is 315 g/mol. The number of methoxy groups -OCH3 is 1. The van der Waals surface area contributed by atoms with Gasteiger partial charge in [-0.05, 0) is 6.07 Å². The average molecular weight is 323 g/mol. The van der Waals surface area contributed by atoms with Crippen LogP contribution in [0.5, 0.6) is 0 Å². The first-order chi connectivity index (χ1) is 8.95. The first-order valence-electron chi connectivity index (χ1n) is 4.93. The predicted octanol–water partition coefficient (Wildman–Crippen LogP) is 1.39. The van der Waals surface area contributed by atoms with Crippen molar-refractivity contribution >= 4 is 31.3 Å². The van der Waals surface area contributed by atoms with Gasteiger partial charge < -0.3 is 4.74 Å². The fourth-order valence-corrected chi connectivity index (χ4v) is 3.23. The molecule has 0 atom stereocenters. The summed E-state index contributed by atoms with van der Waals surface area (Å²) in [5.74, 6) is 0.136. The van der Waals surface area contributed by atoms with Crippen LogP contribution in [0.4, 0.5) is 0 Å². The summed E-state index contributed by atoms with van der Waals surface area (Å²) in [4.78, 5) is 7.56. The zero-order valence-electron chi connectivity index (χ0n) is 9.62. The van der Waals surface area contributed by atoms with Crippen LogP contribution in [-0.4, -0.2) is 35.3 Å². The quantitative estimate of drug-likeness (QED) is 0.790. The minimum absolute atomic E-state index is 0.0547. The summed E-state index contributed by atoms with van der Waals surface area (Å²) in [6.45, 7) is -0.0547. The molecule has 7 nitrogen and oxygen atoms in total. The minimum Gasteiger partial charge on any atom is -0.378 e. The first-order valence-corrected chi connectivity index (χ1v) is 7.62. The third-order valence-corrected chi connectivity index (χ3v) is 3.96. The van der Waals surface area contributed by atoms with Gasteiger partial charge in [-0.2, -0.15) is 9.78 Å². The molecule has 0 aromatic carbocycles. The Morgan fingerprint density at radius 3 is 2.53 bits per heavy atom. The van der Waals surface area contributed by atoms with Crippen molar-refractivity contribution in [2.45, 2.75) is 11.5 Å². The van der Waals surface area contributed by atoms with Crippen molar-refractivity contribution in [1.82, 2.24) is 19.7 Å². The smallest absolute Gasteiger partial charge is 0.266 e. The molecule has 2 heterocycles. The first kappa shape index (κ1) is 14.2. The Morgan fingerprint density at radius 2 is 2.00 bits per heavy atom. The number of nitrogens with zero attached hydrogens (tertiary/aromatic N) is 4. The van der Waals surface area contributed by atoms with Crippen LogP contribution >= 0.6 is 22.3 Å². The van der Waals surface area contributed by atoms with Gasteiger partial charge in [0.1, 0.15) is 10.6 Å². The second kappa shape index (κ2) is 5.41. The Kier molecular flexibility index (Phi) is 4.04. The molecule has 0 saturated heterocycles. The van der Waals surface area contributed by atoms with Crippen LogP contribution in [0.15, 0.2) is 23.4 Å². The van der Waals surface area contributed by atoms with Gasteiger partial charge in [-0.3, -0.25) is 0 Å². The molecule has 0 aliphatic carbocycles. The summed E-state index contributed by atoms with van der Waals surface area (Å²) < 4.78 is 29.0. The lowest BCUT2D eigenvalue weighted by Crippen LogP contribution is -2.02. The summed E-state index contributed by atoms with van der Waals surface area (Å²) in [7, 11) is 2.69. The number of aromatic nitrogens is 4. The number of ether oxygens (including phenoxy) is 1. The van der Waals surface area contributed by atoms with Crippen LogP contribution in [-0.2, 0) is 20.4 Å². The lowest BCUT2D eigenvalue weighted by atomic mass is 10.5. The summed E-state index contributed by atoms with van der Waals surface area (Å²) in [6, 6.07) is 1.61. The molecule has 2 aromatic rings. The van der Waals surface area contributed by atoms with E-state index in [2.05, 4.69) is 15.1 Å². The van der Waals surface area contributed by atoms with Gasteiger partial charge in [0.2, 0.25) is 0 Å². The molecule has 2 rings (SSSR count). The van der Waals surface area contributed by atoms with E-state index in [-0.39, 0.29) is 28.3 Å². The maximum Gasteiger partial charge on any atom is 0.266 e. The van der Waals surface area contributed by atoms with Crippen LogP contribution in [0.3, 0.4) is 0 Å². The number of rotatable bonds is 4. The fraction of sp³-hybridized carbons (Fsp3) is 0.222. The highest BCUT2D eigenvalue weighted by molar-refractivity contribution is 8.13. The Hall–Kier alpha value is -1.22. The van der Waals surface area contributed by atoms with Gasteiger partial charge in [0.05, 0.1) is 6.61 Å². The van der Waals surface area contributed by atoms with Gasteiger partial charge >= 0.3 is 0 Å². The summed E-state index contributed by atoms with van der Waals surface area (Å²) in [5, 5.41) is 3.82. The fourth-order valence-electron chi connectivity index (χ4n) is 1.43. The van der Waals surface area contributed by atoms with Crippen molar-refractivity contribution in [3.05, 3.63) is 29.3 Å². The molecule has 0 aliphatic rings. The van der Waals surface area contributed by atoms with E-state index in [9.17, 15) is 8.42 Å². The van der Waals surface area contributed by atoms with E-state index in [4.69, 9.17) is 27.0 Å². The molecule has 19 heavy (non-hydrogen) atoms. The molecule has 102 valence electrons. The van der Waals surface area contributed by atoms with E-state index in [1.54, 1.807) is 6.07 Å². The molecule has 0 spiro atoms. The van der Waals surface area contributed by atoms with E-state index in [0.29, 0.717) is 0 Å². The third kappa shape index (κ3) is 2.86. The third-order valence-electron chi connectivity index (χ3n) is 2.12. The predicted molar refractivity (Wildman–Crippen MR) is 67.9 cm³/mol. The molecule has 0 unspecified atom stereocenters. The molecule has 10 heteroatoms. The Morgan fingerprint density at radius 1 is 1.37 bits per heavy atom. The van der Waals surface area contributed by atoms with E-state index in [0.717, 1.165) is 4.68 Å². The highest BCUT2D eigenvalue weighted by Crippen LogP contribution is 2.30. The normalized spacial score (nSPS) is 11.7. The standard InChI is InChI=1S/C9H8Cl2N4O3S/c1-18-5-6-7(19(11,16)17)8(10)15(14-6)9-12-3-2-4-13-9/h2-4H,5H2,1H3. The molecule has 0 radical (unpaired) electrons. The van der Waals surface area contributed by atoms with Crippen molar-refractivity contribution in [3.63, 3.8) is 0 Å². The van der Waals surface area contributed by atoms with E-state index >= 15 is 0 Å². The highest BCUT2D eigenvalue weighted by Gasteiger charge is 2.27. The van der Waals surface area contributed by atoms with Crippen molar-refractivity contribution in [1.29, 1.82) is 0 Å². The average Bonchev–Trinajstić information content (AvgIpc) is 2.67. The second-order valence-electron chi connectivity index (χ2n) is 3.40. The maximum absolute atomic E-state index is 11.5. The second-order valence-corrected chi connectivity index (χ2v) is 6.26. The number of halogens is 2. The Balaban J connectivity index is 2.66. The minimum atomic E-state index is -4.05. The van der Waals surface area contributed by atoms with Gasteiger partial charge in [0, 0.05) is 30.2 Å². The van der Waals surface area contributed by atoms with Gasteiger partial charge in [-0.25, -0.2) is 18.4 Å².